The zero-order chi connectivity index (χ0) is 31.8. The lowest BCUT2D eigenvalue weighted by atomic mass is 10.1. The molecule has 2 saturated heterocycles. The van der Waals surface area contributed by atoms with E-state index in [-0.39, 0.29) is 49.5 Å². The van der Waals surface area contributed by atoms with Crippen LogP contribution in [0.15, 0.2) is 0 Å². The van der Waals surface area contributed by atoms with Crippen LogP contribution in [0.4, 0.5) is 0 Å². The molecule has 0 aromatic rings. The molecule has 0 aliphatic carbocycles. The molecule has 7 atom stereocenters. The van der Waals surface area contributed by atoms with Gasteiger partial charge < -0.3 is 25.2 Å². The average molecular weight is 645 g/mol. The minimum Gasteiger partial charge on any atom is -0.347 e. The summed E-state index contributed by atoms with van der Waals surface area (Å²) in [4.78, 5) is 25.4. The second kappa shape index (κ2) is 17.1. The molecule has 2 aliphatic heterocycles. The lowest BCUT2D eigenvalue weighted by molar-refractivity contribution is -0.140. The van der Waals surface area contributed by atoms with Crippen LogP contribution in [-0.2, 0) is 32.0 Å². The molecule has 3 unspecified atom stereocenters. The Kier molecular flexibility index (Phi) is 15.5. The molecule has 0 bridgehead atoms. The van der Waals surface area contributed by atoms with E-state index < -0.39 is 34.6 Å². The maximum absolute atomic E-state index is 12.9. The van der Waals surface area contributed by atoms with Gasteiger partial charge >= 0.3 is 15.6 Å². The monoisotopic (exact) mass is 644 g/mol. The van der Waals surface area contributed by atoms with Crippen LogP contribution < -0.4 is 10.6 Å². The molecule has 0 radical (unpaired) electrons. The number of phosphoric ester groups is 2. The summed E-state index contributed by atoms with van der Waals surface area (Å²) in [5.74, 6) is 0. The first-order valence-electron chi connectivity index (χ1n) is 15.3. The first-order valence-corrected chi connectivity index (χ1v) is 18.3. The van der Waals surface area contributed by atoms with Crippen LogP contribution in [0.1, 0.15) is 82.1 Å². The quantitative estimate of drug-likeness (QED) is 0.120. The predicted molar refractivity (Wildman–Crippen MR) is 163 cm³/mol. The molecule has 0 amide bonds. The zero-order valence-corrected chi connectivity index (χ0v) is 29.1. The molecule has 2 aliphatic rings. The molecule has 42 heavy (non-hydrogen) atoms. The van der Waals surface area contributed by atoms with Crippen molar-refractivity contribution in [1.29, 1.82) is 0 Å². The lowest BCUT2D eigenvalue weighted by Crippen LogP contribution is -2.40. The number of ether oxygens (including phenoxy) is 1. The highest BCUT2D eigenvalue weighted by atomic mass is 31.2. The Bertz CT molecular complexity index is 896. The smallest absolute Gasteiger partial charge is 0.347 e. The molecule has 0 aromatic heterocycles. The van der Waals surface area contributed by atoms with Crippen LogP contribution in [0.25, 0.3) is 0 Å². The SMILES string of the molecule is CC(C)N[C@@H]1C[C@H](COP(=O)(O)OCC(OC(C)C)OP(=O)(O)OC[C@@H]2C[C@H](NC(C)C)CN2C(C)C)N(C(C)C)C1. The number of nitrogens with one attached hydrogen (secondary N) is 2. The van der Waals surface area contributed by atoms with Crippen LogP contribution in [0, 0.1) is 0 Å². The number of hydrogen-bond acceptors (Lipinski definition) is 11. The van der Waals surface area contributed by atoms with Crippen LogP contribution in [0.2, 0.25) is 0 Å². The highest BCUT2D eigenvalue weighted by Gasteiger charge is 2.39. The predicted octanol–water partition coefficient (Wildman–Crippen LogP) is 3.70. The number of rotatable bonds is 19. The van der Waals surface area contributed by atoms with Gasteiger partial charge in [0.2, 0.25) is 0 Å². The fourth-order valence-electron chi connectivity index (χ4n) is 5.79. The molecule has 15 heteroatoms. The Labute approximate surface area is 253 Å². The summed E-state index contributed by atoms with van der Waals surface area (Å²) >= 11 is 0. The van der Waals surface area contributed by atoms with Gasteiger partial charge in [0.25, 0.3) is 0 Å². The van der Waals surface area contributed by atoms with Crippen molar-refractivity contribution < 1.29 is 41.7 Å². The van der Waals surface area contributed by atoms with E-state index in [9.17, 15) is 18.9 Å². The van der Waals surface area contributed by atoms with Gasteiger partial charge in [0.1, 0.15) is 6.61 Å². The molecular weight excluding hydrogens is 586 g/mol. The van der Waals surface area contributed by atoms with Gasteiger partial charge in [0.15, 0.2) is 6.29 Å². The van der Waals surface area contributed by atoms with Gasteiger partial charge in [-0.15, -0.1) is 0 Å². The number of nitrogens with zero attached hydrogens (tertiary/aromatic N) is 2. The van der Waals surface area contributed by atoms with Gasteiger partial charge in [-0.25, -0.2) is 9.13 Å². The summed E-state index contributed by atoms with van der Waals surface area (Å²) < 4.78 is 52.4. The maximum atomic E-state index is 12.9. The minimum atomic E-state index is -4.59. The summed E-state index contributed by atoms with van der Waals surface area (Å²) in [7, 11) is -9.11. The summed E-state index contributed by atoms with van der Waals surface area (Å²) in [6, 6.07) is 1.48. The highest BCUT2D eigenvalue weighted by Crippen LogP contribution is 2.48. The summed E-state index contributed by atoms with van der Waals surface area (Å²) in [6.45, 7) is 21.1. The Balaban J connectivity index is 1.93. The Morgan fingerprint density at radius 1 is 0.714 bits per heavy atom. The maximum Gasteiger partial charge on any atom is 0.474 e. The van der Waals surface area contributed by atoms with Crippen molar-refractivity contribution in [2.24, 2.45) is 0 Å². The van der Waals surface area contributed by atoms with Crippen molar-refractivity contribution >= 4 is 15.6 Å². The van der Waals surface area contributed by atoms with E-state index in [1.165, 1.54) is 0 Å². The van der Waals surface area contributed by atoms with Crippen molar-refractivity contribution in [3.63, 3.8) is 0 Å². The zero-order valence-electron chi connectivity index (χ0n) is 27.3. The van der Waals surface area contributed by atoms with Gasteiger partial charge in [-0.2, -0.15) is 0 Å². The summed E-state index contributed by atoms with van der Waals surface area (Å²) in [6.07, 6.45) is -0.314. The van der Waals surface area contributed by atoms with E-state index in [2.05, 4.69) is 75.8 Å². The van der Waals surface area contributed by atoms with E-state index in [0.29, 0.717) is 12.1 Å². The van der Waals surface area contributed by atoms with Crippen LogP contribution in [0.3, 0.4) is 0 Å². The van der Waals surface area contributed by atoms with E-state index in [0.717, 1.165) is 25.9 Å². The Morgan fingerprint density at radius 2 is 1.14 bits per heavy atom. The molecule has 2 rings (SSSR count). The first-order chi connectivity index (χ1) is 19.4. The Morgan fingerprint density at radius 3 is 1.52 bits per heavy atom. The van der Waals surface area contributed by atoms with E-state index >= 15 is 0 Å². The third kappa shape index (κ3) is 13.6. The van der Waals surface area contributed by atoms with Crippen LogP contribution in [0.5, 0.6) is 0 Å². The number of hydrogen-bond donors (Lipinski definition) is 4. The first kappa shape index (κ1) is 38.2. The highest BCUT2D eigenvalue weighted by molar-refractivity contribution is 7.47. The summed E-state index contributed by atoms with van der Waals surface area (Å²) in [5.41, 5.74) is 0. The molecular formula is C27H58N4O9P2. The fourth-order valence-corrected chi connectivity index (χ4v) is 7.36. The second-order valence-corrected chi connectivity index (χ2v) is 15.8. The van der Waals surface area contributed by atoms with Crippen molar-refractivity contribution in [3.8, 4) is 0 Å². The van der Waals surface area contributed by atoms with Crippen molar-refractivity contribution in [2.45, 2.75) is 143 Å². The lowest BCUT2D eigenvalue weighted by Gasteiger charge is -2.29. The third-order valence-electron chi connectivity index (χ3n) is 7.29. The van der Waals surface area contributed by atoms with Gasteiger partial charge in [-0.05, 0) is 54.4 Å². The van der Waals surface area contributed by atoms with E-state index in [1.54, 1.807) is 13.8 Å². The van der Waals surface area contributed by atoms with Crippen LogP contribution in [-0.4, -0.2) is 113 Å². The van der Waals surface area contributed by atoms with Gasteiger partial charge in [0.05, 0.1) is 19.3 Å². The molecule has 250 valence electrons. The number of phosphoric acid groups is 2. The van der Waals surface area contributed by atoms with Crippen molar-refractivity contribution in [3.05, 3.63) is 0 Å². The van der Waals surface area contributed by atoms with Gasteiger partial charge in [0, 0.05) is 61.4 Å². The molecule has 0 aromatic carbocycles. The molecule has 0 spiro atoms. The topological polar surface area (TPSA) is 151 Å². The average Bonchev–Trinajstić information content (AvgIpc) is 3.43. The molecule has 2 fully saturated rings. The molecule has 13 nitrogen and oxygen atoms in total. The summed E-state index contributed by atoms with van der Waals surface area (Å²) in [5, 5.41) is 7.04. The Hall–Kier alpha value is 0.0200. The van der Waals surface area contributed by atoms with Crippen molar-refractivity contribution in [2.75, 3.05) is 32.9 Å². The van der Waals surface area contributed by atoms with Crippen LogP contribution >= 0.6 is 15.6 Å². The van der Waals surface area contributed by atoms with Gasteiger partial charge in [-0.3, -0.25) is 27.9 Å². The van der Waals surface area contributed by atoms with E-state index in [4.69, 9.17) is 22.8 Å². The van der Waals surface area contributed by atoms with Crippen molar-refractivity contribution in [1.82, 2.24) is 20.4 Å². The largest absolute Gasteiger partial charge is 0.474 e. The minimum absolute atomic E-state index is 0.000792. The van der Waals surface area contributed by atoms with E-state index in [1.807, 2.05) is 0 Å². The fraction of sp³-hybridized carbons (Fsp3) is 1.00. The molecule has 2 heterocycles. The van der Waals surface area contributed by atoms with Gasteiger partial charge in [-0.1, -0.05) is 27.7 Å². The third-order valence-corrected chi connectivity index (χ3v) is 9.21. The molecule has 4 N–H and O–H groups in total. The standard InChI is InChI=1S/C27H58N4O9P2/c1-18(2)28-23-11-25(30(13-23)20(5)6)15-36-41(32,33)38-17-27(39-22(9)10)40-42(34,35)37-16-26-12-24(29-19(3)4)14-31(26)21(7)8/h18-29H,11-17H2,1-10H3,(H,32,33)(H,34,35)/t23-,24+,25-,26+,27?/m1/s1. The molecule has 0 saturated carbocycles. The normalized spacial score (nSPS) is 28.0. The second-order valence-electron chi connectivity index (χ2n) is 12.9. The number of likely N-dealkylation sites (tertiary alicyclic amines) is 2.